The van der Waals surface area contributed by atoms with E-state index < -0.39 is 9.84 Å². The Balaban J connectivity index is 1.88. The van der Waals surface area contributed by atoms with Crippen LogP contribution in [0.1, 0.15) is 30.7 Å². The first-order valence-corrected chi connectivity index (χ1v) is 8.30. The van der Waals surface area contributed by atoms with Crippen LogP contribution in [0.5, 0.6) is 0 Å². The molecule has 3 heterocycles. The second-order valence-corrected chi connectivity index (χ2v) is 7.63. The highest BCUT2D eigenvalue weighted by Crippen LogP contribution is 2.22. The minimum atomic E-state index is -2.96. The Labute approximate surface area is 112 Å². The van der Waals surface area contributed by atoms with E-state index in [1.807, 2.05) is 25.3 Å². The van der Waals surface area contributed by atoms with Gasteiger partial charge in [-0.05, 0) is 31.4 Å². The average Bonchev–Trinajstić information content (AvgIpc) is 2.73. The van der Waals surface area contributed by atoms with E-state index in [0.717, 1.165) is 30.5 Å². The van der Waals surface area contributed by atoms with Crippen molar-refractivity contribution >= 4 is 15.5 Å². The normalized spacial score (nSPS) is 22.7. The summed E-state index contributed by atoms with van der Waals surface area (Å²) in [7, 11) is -2.96. The summed E-state index contributed by atoms with van der Waals surface area (Å²) in [6.45, 7) is 1.99. The maximum atomic E-state index is 12.0. The standard InChI is InChI=1S/C13H17N3O2S/c1-10-5-6-13-14-12(15-16(13)9-10)8-11-4-2-3-7-19(11,17)18/h5-6,9,11H,2-4,7-8H2,1H3. The van der Waals surface area contributed by atoms with Gasteiger partial charge in [0.2, 0.25) is 0 Å². The van der Waals surface area contributed by atoms with Crippen LogP contribution in [0.15, 0.2) is 18.3 Å². The first-order valence-electron chi connectivity index (χ1n) is 6.58. The zero-order valence-corrected chi connectivity index (χ0v) is 11.7. The number of nitrogens with zero attached hydrogens (tertiary/aromatic N) is 3. The number of pyridine rings is 1. The fourth-order valence-electron chi connectivity index (χ4n) is 2.57. The summed E-state index contributed by atoms with van der Waals surface area (Å²) in [5, 5.41) is 4.07. The topological polar surface area (TPSA) is 64.3 Å². The van der Waals surface area contributed by atoms with Crippen LogP contribution in [0, 0.1) is 6.92 Å². The van der Waals surface area contributed by atoms with Crippen molar-refractivity contribution in [3.8, 4) is 0 Å². The van der Waals surface area contributed by atoms with Gasteiger partial charge in [-0.15, -0.1) is 0 Å². The summed E-state index contributed by atoms with van der Waals surface area (Å²) >= 11 is 0. The summed E-state index contributed by atoms with van der Waals surface area (Å²) in [5.74, 6) is 0.936. The van der Waals surface area contributed by atoms with Gasteiger partial charge in [-0.2, -0.15) is 5.10 Å². The van der Waals surface area contributed by atoms with E-state index in [2.05, 4.69) is 10.1 Å². The molecule has 1 aliphatic heterocycles. The van der Waals surface area contributed by atoms with Crippen molar-refractivity contribution in [2.75, 3.05) is 5.75 Å². The Bertz CT molecular complexity index is 706. The van der Waals surface area contributed by atoms with Crippen molar-refractivity contribution in [2.45, 2.75) is 37.9 Å². The molecule has 0 bridgehead atoms. The number of aryl methyl sites for hydroxylation is 1. The maximum Gasteiger partial charge on any atom is 0.155 e. The van der Waals surface area contributed by atoms with E-state index in [4.69, 9.17) is 0 Å². The minimum Gasteiger partial charge on any atom is -0.229 e. The van der Waals surface area contributed by atoms with Crippen LogP contribution in [0.3, 0.4) is 0 Å². The molecule has 0 radical (unpaired) electrons. The van der Waals surface area contributed by atoms with Gasteiger partial charge in [0.25, 0.3) is 0 Å². The molecule has 1 saturated heterocycles. The third kappa shape index (κ3) is 2.49. The molecule has 0 aliphatic carbocycles. The fraction of sp³-hybridized carbons (Fsp3) is 0.538. The number of aromatic nitrogens is 3. The van der Waals surface area contributed by atoms with Crippen LogP contribution in [0.4, 0.5) is 0 Å². The first kappa shape index (κ1) is 12.6. The first-order chi connectivity index (χ1) is 9.04. The number of rotatable bonds is 2. The molecule has 2 aromatic heterocycles. The number of fused-ring (bicyclic) bond motifs is 1. The van der Waals surface area contributed by atoms with E-state index in [1.165, 1.54) is 0 Å². The van der Waals surface area contributed by atoms with E-state index in [9.17, 15) is 8.42 Å². The average molecular weight is 279 g/mol. The lowest BCUT2D eigenvalue weighted by Gasteiger charge is -2.20. The van der Waals surface area contributed by atoms with Gasteiger partial charge >= 0.3 is 0 Å². The predicted octanol–water partition coefficient (Wildman–Crippen LogP) is 1.55. The van der Waals surface area contributed by atoms with Gasteiger partial charge in [0.15, 0.2) is 21.3 Å². The molecule has 2 aromatic rings. The number of hydrogen-bond donors (Lipinski definition) is 0. The Morgan fingerprint density at radius 1 is 1.37 bits per heavy atom. The molecule has 1 atom stereocenters. The third-order valence-electron chi connectivity index (χ3n) is 3.65. The molecule has 19 heavy (non-hydrogen) atoms. The summed E-state index contributed by atoms with van der Waals surface area (Å²) in [4.78, 5) is 4.40. The van der Waals surface area contributed by atoms with E-state index in [-0.39, 0.29) is 5.25 Å². The summed E-state index contributed by atoms with van der Waals surface area (Å²) < 4.78 is 25.7. The lowest BCUT2D eigenvalue weighted by Crippen LogP contribution is -2.30. The largest absolute Gasteiger partial charge is 0.229 e. The molecule has 6 heteroatoms. The quantitative estimate of drug-likeness (QED) is 0.836. The number of sulfone groups is 1. The predicted molar refractivity (Wildman–Crippen MR) is 72.9 cm³/mol. The summed E-state index contributed by atoms with van der Waals surface area (Å²) in [5.41, 5.74) is 1.88. The fourth-order valence-corrected chi connectivity index (χ4v) is 4.44. The Morgan fingerprint density at radius 3 is 3.00 bits per heavy atom. The second kappa shape index (κ2) is 4.59. The monoisotopic (exact) mass is 279 g/mol. The molecule has 0 amide bonds. The highest BCUT2D eigenvalue weighted by molar-refractivity contribution is 7.92. The highest BCUT2D eigenvalue weighted by atomic mass is 32.2. The van der Waals surface area contributed by atoms with Crippen molar-refractivity contribution in [3.05, 3.63) is 29.7 Å². The Kier molecular flexibility index (Phi) is 3.05. The van der Waals surface area contributed by atoms with Crippen LogP contribution in [0.25, 0.3) is 5.65 Å². The maximum absolute atomic E-state index is 12.0. The highest BCUT2D eigenvalue weighted by Gasteiger charge is 2.30. The minimum absolute atomic E-state index is 0.306. The van der Waals surface area contributed by atoms with Gasteiger partial charge in [0.1, 0.15) is 0 Å². The molecule has 102 valence electrons. The van der Waals surface area contributed by atoms with Crippen LogP contribution in [-0.2, 0) is 16.3 Å². The van der Waals surface area contributed by atoms with Gasteiger partial charge in [-0.25, -0.2) is 17.9 Å². The molecule has 1 fully saturated rings. The number of hydrogen-bond acceptors (Lipinski definition) is 4. The van der Waals surface area contributed by atoms with Crippen molar-refractivity contribution in [3.63, 3.8) is 0 Å². The van der Waals surface area contributed by atoms with Crippen LogP contribution in [-0.4, -0.2) is 34.0 Å². The van der Waals surface area contributed by atoms with E-state index in [0.29, 0.717) is 18.0 Å². The smallest absolute Gasteiger partial charge is 0.155 e. The molecular weight excluding hydrogens is 262 g/mol. The van der Waals surface area contributed by atoms with Crippen LogP contribution >= 0.6 is 0 Å². The summed E-state index contributed by atoms with van der Waals surface area (Å²) in [6.07, 6.45) is 4.84. The van der Waals surface area contributed by atoms with Crippen LogP contribution in [0.2, 0.25) is 0 Å². The molecule has 0 aromatic carbocycles. The zero-order valence-electron chi connectivity index (χ0n) is 10.9. The lowest BCUT2D eigenvalue weighted by molar-refractivity contribution is 0.534. The Morgan fingerprint density at radius 2 is 2.21 bits per heavy atom. The van der Waals surface area contributed by atoms with Gasteiger partial charge in [0.05, 0.1) is 11.0 Å². The summed E-state index contributed by atoms with van der Waals surface area (Å²) in [6, 6.07) is 3.88. The SMILES string of the molecule is Cc1ccc2nc(CC3CCCCS3(=O)=O)nn2c1. The van der Waals surface area contributed by atoms with Crippen molar-refractivity contribution in [2.24, 2.45) is 0 Å². The van der Waals surface area contributed by atoms with E-state index in [1.54, 1.807) is 4.52 Å². The van der Waals surface area contributed by atoms with Gasteiger partial charge in [0, 0.05) is 12.6 Å². The molecule has 5 nitrogen and oxygen atoms in total. The van der Waals surface area contributed by atoms with Gasteiger partial charge < -0.3 is 0 Å². The second-order valence-electron chi connectivity index (χ2n) is 5.23. The molecule has 1 unspecified atom stereocenters. The molecule has 0 N–H and O–H groups in total. The van der Waals surface area contributed by atoms with E-state index >= 15 is 0 Å². The van der Waals surface area contributed by atoms with Crippen molar-refractivity contribution in [1.29, 1.82) is 0 Å². The third-order valence-corrected chi connectivity index (χ3v) is 5.92. The zero-order chi connectivity index (χ0) is 13.5. The molecule has 3 rings (SSSR count). The lowest BCUT2D eigenvalue weighted by atomic mass is 10.1. The van der Waals surface area contributed by atoms with Crippen LogP contribution < -0.4 is 0 Å². The van der Waals surface area contributed by atoms with Crippen molar-refractivity contribution < 1.29 is 8.42 Å². The molecule has 0 saturated carbocycles. The van der Waals surface area contributed by atoms with Gasteiger partial charge in [-0.3, -0.25) is 0 Å². The molecule has 0 spiro atoms. The van der Waals surface area contributed by atoms with Crippen molar-refractivity contribution in [1.82, 2.24) is 14.6 Å². The Hall–Kier alpha value is -1.43. The molecular formula is C13H17N3O2S. The molecule has 1 aliphatic rings. The van der Waals surface area contributed by atoms with Gasteiger partial charge in [-0.1, -0.05) is 12.5 Å².